The second kappa shape index (κ2) is 14.4. The number of phenolic OH excluding ortho intramolecular Hbond substituents is 1. The first-order valence-corrected chi connectivity index (χ1v) is 22.6. The molecule has 0 spiro atoms. The van der Waals surface area contributed by atoms with E-state index in [4.69, 9.17) is 12.7 Å². The number of hydrogen-bond acceptors (Lipinski definition) is 3. The van der Waals surface area contributed by atoms with E-state index in [9.17, 15) is 7.85 Å². The van der Waals surface area contributed by atoms with Crippen LogP contribution in [0.1, 0.15) is 107 Å². The van der Waals surface area contributed by atoms with Crippen molar-refractivity contribution in [1.82, 2.24) is 18.8 Å². The van der Waals surface area contributed by atoms with E-state index in [1.165, 1.54) is 0 Å². The fourth-order valence-electron chi connectivity index (χ4n) is 11.0. The summed E-state index contributed by atoms with van der Waals surface area (Å²) in [4.78, 5) is 10.4. The van der Waals surface area contributed by atoms with Crippen LogP contribution < -0.4 is 0 Å². The van der Waals surface area contributed by atoms with Crippen LogP contribution in [-0.4, -0.2) is 23.9 Å². The van der Waals surface area contributed by atoms with Gasteiger partial charge in [0, 0.05) is 44.4 Å². The van der Waals surface area contributed by atoms with Crippen LogP contribution in [-0.2, 0) is 0 Å². The largest absolute Gasteiger partial charge is 0.507 e. The van der Waals surface area contributed by atoms with Gasteiger partial charge in [0.05, 0.1) is 44.2 Å². The van der Waals surface area contributed by atoms with E-state index in [-0.39, 0.29) is 5.75 Å². The minimum Gasteiger partial charge on any atom is -0.507 e. The second-order valence-electron chi connectivity index (χ2n) is 18.7. The molecule has 1 N–H and O–H groups in total. The number of benzene rings is 7. The zero-order chi connectivity index (χ0) is 48.3. The van der Waals surface area contributed by atoms with E-state index in [0.29, 0.717) is 11.0 Å². The first-order chi connectivity index (χ1) is 32.7. The van der Waals surface area contributed by atoms with E-state index in [0.717, 1.165) is 122 Å². The minimum absolute atomic E-state index is 0.141. The summed E-state index contributed by atoms with van der Waals surface area (Å²) in [5, 5.41) is 17.0. The maximum Gasteiger partial charge on any atom is 0.151 e. The Morgan fingerprint density at radius 1 is 0.477 bits per heavy atom. The zero-order valence-electron chi connectivity index (χ0n) is 42.0. The monoisotopic (exact) mass is 848 g/mol. The number of phenols is 1. The van der Waals surface area contributed by atoms with E-state index in [2.05, 4.69) is 87.7 Å². The molecule has 0 aliphatic carbocycles. The number of imidazole rings is 1. The number of nitrogens with zero attached hydrogens (tertiary/aromatic N) is 4. The standard InChI is InChI=1S/C60H52N4O/c1-32(2)39-16-10-17-40(33(3)4)52(39)38-28-29-61-48(31-38)37-15-9-14-36(30-37)43-20-13-23-49-56(43)62-60-55-51(65)27-25-45-44-21-12-22-47-54-46(53-41(34(5)6)18-11-19-42(53)35(7)8)24-26-50(63(49)60)59(54)64(57(44)47)58(45)55/h9-35,65H,1-8H3/i32D,33D,34D,35D. The van der Waals surface area contributed by atoms with Crippen LogP contribution in [0.4, 0.5) is 0 Å². The molecule has 318 valence electrons. The SMILES string of the molecule is [2H]C(C)(C)c1cccc(C([2H])(C)C)c1-c1ccnc(-c2cccc(-c3cccc4c3nc3c5c(O)ccc6c7cccc8c9c(-c%10c(C([2H])(C)C)cccc%10C([2H])(C)C)ccc(c9n(c78)c65)n43)c2)c1. The highest BCUT2D eigenvalue weighted by molar-refractivity contribution is 6.32. The molecule has 5 nitrogen and oxygen atoms in total. The summed E-state index contributed by atoms with van der Waals surface area (Å²) in [5.74, 6) is -3.54. The molecular formula is C60H52N4O. The van der Waals surface area contributed by atoms with Crippen LogP contribution in [0.2, 0.25) is 0 Å². The third-order valence-electron chi connectivity index (χ3n) is 13.8. The predicted molar refractivity (Wildman–Crippen MR) is 274 cm³/mol. The molecule has 65 heavy (non-hydrogen) atoms. The van der Waals surface area contributed by atoms with Crippen molar-refractivity contribution >= 4 is 65.7 Å². The second-order valence-corrected chi connectivity index (χ2v) is 18.7. The van der Waals surface area contributed by atoms with Crippen LogP contribution in [0.15, 0.2) is 140 Å². The summed E-state index contributed by atoms with van der Waals surface area (Å²) in [6.45, 7) is 15.3. The molecule has 7 aromatic carbocycles. The highest BCUT2D eigenvalue weighted by atomic mass is 16.3. The summed E-state index contributed by atoms with van der Waals surface area (Å²) >= 11 is 0. The molecule has 0 aliphatic rings. The maximum atomic E-state index is 12.1. The van der Waals surface area contributed by atoms with Crippen LogP contribution in [0, 0.1) is 0 Å². The van der Waals surface area contributed by atoms with Gasteiger partial charge in [0.2, 0.25) is 0 Å². The number of aromatic nitrogens is 4. The van der Waals surface area contributed by atoms with E-state index in [1.54, 1.807) is 6.07 Å². The van der Waals surface area contributed by atoms with Crippen molar-refractivity contribution in [3.8, 4) is 50.4 Å². The summed E-state index contributed by atoms with van der Waals surface area (Å²) in [6, 6.07) is 45.3. The predicted octanol–water partition coefficient (Wildman–Crippen LogP) is 16.5. The Bertz CT molecular complexity index is 4020. The topological polar surface area (TPSA) is 54.8 Å². The van der Waals surface area contributed by atoms with E-state index in [1.807, 2.05) is 110 Å². The van der Waals surface area contributed by atoms with Gasteiger partial charge in [-0.1, -0.05) is 146 Å². The van der Waals surface area contributed by atoms with Crippen LogP contribution >= 0.6 is 0 Å². The lowest BCUT2D eigenvalue weighted by Crippen LogP contribution is -2.00. The smallest absolute Gasteiger partial charge is 0.151 e. The van der Waals surface area contributed by atoms with Gasteiger partial charge in [-0.25, -0.2) is 4.98 Å². The first kappa shape index (κ1) is 35.2. The third-order valence-corrected chi connectivity index (χ3v) is 13.8. The lowest BCUT2D eigenvalue weighted by atomic mass is 9.83. The molecular weight excluding hydrogens is 793 g/mol. The number of rotatable bonds is 8. The Morgan fingerprint density at radius 3 is 1.80 bits per heavy atom. The van der Waals surface area contributed by atoms with Crippen molar-refractivity contribution in [2.24, 2.45) is 0 Å². The number of fused-ring (bicyclic) bond motifs is 7. The molecule has 0 saturated carbocycles. The highest BCUT2D eigenvalue weighted by Crippen LogP contribution is 2.50. The van der Waals surface area contributed by atoms with Gasteiger partial charge in [-0.3, -0.25) is 9.38 Å². The summed E-state index contributed by atoms with van der Waals surface area (Å²) in [5.41, 5.74) is 16.9. The molecule has 0 fully saturated rings. The molecule has 0 bridgehead atoms. The summed E-state index contributed by atoms with van der Waals surface area (Å²) < 4.78 is 41.5. The Balaban J connectivity index is 1.13. The van der Waals surface area contributed by atoms with Gasteiger partial charge in [0.15, 0.2) is 5.65 Å². The van der Waals surface area contributed by atoms with Crippen molar-refractivity contribution in [3.05, 3.63) is 162 Å². The van der Waals surface area contributed by atoms with Gasteiger partial charge in [-0.15, -0.1) is 0 Å². The number of pyridine rings is 1. The summed E-state index contributed by atoms with van der Waals surface area (Å²) in [6.07, 6.45) is 1.82. The van der Waals surface area contributed by atoms with Crippen molar-refractivity contribution in [1.29, 1.82) is 0 Å². The van der Waals surface area contributed by atoms with Gasteiger partial charge in [0.1, 0.15) is 5.75 Å². The molecule has 0 radical (unpaired) electrons. The van der Waals surface area contributed by atoms with Crippen molar-refractivity contribution < 1.29 is 10.6 Å². The fourth-order valence-corrected chi connectivity index (χ4v) is 11.0. The molecule has 0 amide bonds. The quantitative estimate of drug-likeness (QED) is 0.166. The van der Waals surface area contributed by atoms with Crippen molar-refractivity contribution in [2.75, 3.05) is 0 Å². The molecule has 5 aromatic heterocycles. The Morgan fingerprint density at radius 2 is 1.09 bits per heavy atom. The lowest BCUT2D eigenvalue weighted by Gasteiger charge is -2.21. The molecule has 5 heterocycles. The maximum absolute atomic E-state index is 12.1. The number of aromatic hydroxyl groups is 1. The van der Waals surface area contributed by atoms with Crippen molar-refractivity contribution in [3.63, 3.8) is 0 Å². The Labute approximate surface area is 384 Å². The lowest BCUT2D eigenvalue weighted by molar-refractivity contribution is 0.482. The number of para-hydroxylation sites is 2. The van der Waals surface area contributed by atoms with Gasteiger partial charge >= 0.3 is 0 Å². The third kappa shape index (κ3) is 5.57. The van der Waals surface area contributed by atoms with Crippen molar-refractivity contribution in [2.45, 2.75) is 79.0 Å². The minimum atomic E-state index is -0.949. The summed E-state index contributed by atoms with van der Waals surface area (Å²) in [7, 11) is 0. The fraction of sp³-hybridized carbons (Fsp3) is 0.200. The van der Waals surface area contributed by atoms with Crippen LogP contribution in [0.5, 0.6) is 5.75 Å². The normalized spacial score (nSPS) is 14.2. The van der Waals surface area contributed by atoms with E-state index < -0.39 is 23.6 Å². The van der Waals surface area contributed by atoms with E-state index >= 15 is 0 Å². The molecule has 0 atom stereocenters. The molecule has 5 heteroatoms. The molecule has 0 aliphatic heterocycles. The molecule has 12 aromatic rings. The molecule has 0 saturated heterocycles. The van der Waals surface area contributed by atoms with Gasteiger partial charge in [-0.05, 0) is 116 Å². The highest BCUT2D eigenvalue weighted by Gasteiger charge is 2.29. The van der Waals surface area contributed by atoms with Crippen LogP contribution in [0.25, 0.3) is 110 Å². The number of hydrogen-bond donors (Lipinski definition) is 1. The van der Waals surface area contributed by atoms with Gasteiger partial charge < -0.3 is 9.51 Å². The van der Waals surface area contributed by atoms with Gasteiger partial charge in [-0.2, -0.15) is 0 Å². The Kier molecular flexibility index (Phi) is 7.78. The van der Waals surface area contributed by atoms with Crippen LogP contribution in [0.3, 0.4) is 0 Å². The Hall–Kier alpha value is -7.24. The zero-order valence-corrected chi connectivity index (χ0v) is 38.0. The first-order valence-electron chi connectivity index (χ1n) is 24.6. The van der Waals surface area contributed by atoms with Gasteiger partial charge in [0.25, 0.3) is 0 Å². The molecule has 12 rings (SSSR count). The molecule has 0 unspecified atom stereocenters. The average molecular weight is 849 g/mol. The average Bonchev–Trinajstić information content (AvgIpc) is 3.95.